The minimum absolute atomic E-state index is 0.203. The highest BCUT2D eigenvalue weighted by molar-refractivity contribution is 5.88. The molecule has 0 saturated heterocycles. The summed E-state index contributed by atoms with van der Waals surface area (Å²) < 4.78 is 0. The van der Waals surface area contributed by atoms with Crippen LogP contribution in [-0.2, 0) is 5.41 Å². The highest BCUT2D eigenvalue weighted by atomic mass is 14.5. The van der Waals surface area contributed by atoms with Crippen molar-refractivity contribution in [2.75, 3.05) is 0 Å². The third-order valence-electron chi connectivity index (χ3n) is 5.14. The van der Waals surface area contributed by atoms with Crippen LogP contribution in [0.4, 0.5) is 0 Å². The van der Waals surface area contributed by atoms with Gasteiger partial charge in [0.25, 0.3) is 0 Å². The number of benzene rings is 2. The standard InChI is InChI=1S/C23H20.C2H6/c1-4-10-20-16(3)15-17(5-2)23(20)21-13-8-6-11-18(21)19-12-7-9-14-22(19)23;1-2/h4-15H,2H2,1,3H3;1-2H3/b10-4-;. The van der Waals surface area contributed by atoms with Crippen LogP contribution in [0.2, 0.25) is 0 Å². The van der Waals surface area contributed by atoms with Gasteiger partial charge >= 0.3 is 0 Å². The van der Waals surface area contributed by atoms with E-state index in [9.17, 15) is 0 Å². The van der Waals surface area contributed by atoms with Gasteiger partial charge in [0.05, 0.1) is 5.41 Å². The van der Waals surface area contributed by atoms with Crippen molar-refractivity contribution < 1.29 is 0 Å². The van der Waals surface area contributed by atoms with Crippen LogP contribution in [-0.4, -0.2) is 0 Å². The van der Waals surface area contributed by atoms with E-state index in [1.807, 2.05) is 19.9 Å². The molecule has 0 aliphatic heterocycles. The molecule has 0 fully saturated rings. The Morgan fingerprint density at radius 3 is 1.88 bits per heavy atom. The third-order valence-corrected chi connectivity index (χ3v) is 5.14. The van der Waals surface area contributed by atoms with E-state index in [0.717, 1.165) is 0 Å². The minimum atomic E-state index is -0.203. The maximum absolute atomic E-state index is 4.12. The van der Waals surface area contributed by atoms with Gasteiger partial charge in [-0.05, 0) is 52.8 Å². The smallest absolute Gasteiger partial charge is 0.0715 e. The predicted molar refractivity (Wildman–Crippen MR) is 110 cm³/mol. The quantitative estimate of drug-likeness (QED) is 0.557. The van der Waals surface area contributed by atoms with E-state index in [1.165, 1.54) is 39.0 Å². The maximum Gasteiger partial charge on any atom is 0.0715 e. The monoisotopic (exact) mass is 326 g/mol. The van der Waals surface area contributed by atoms with E-state index in [0.29, 0.717) is 0 Å². The third kappa shape index (κ3) is 2.21. The lowest BCUT2D eigenvalue weighted by Crippen LogP contribution is -2.27. The SMILES string of the molecule is C=CC1=CC(C)=C(/C=C\C)C12c1ccccc1-c1ccccc12.CC. The van der Waals surface area contributed by atoms with Gasteiger partial charge in [0.1, 0.15) is 0 Å². The molecule has 0 unspecified atom stereocenters. The Balaban J connectivity index is 0.000000880. The number of allylic oxidation sites excluding steroid dienone is 7. The molecule has 1 spiro atoms. The zero-order valence-corrected chi connectivity index (χ0v) is 15.6. The average molecular weight is 326 g/mol. The molecular weight excluding hydrogens is 300 g/mol. The van der Waals surface area contributed by atoms with E-state index in [4.69, 9.17) is 0 Å². The van der Waals surface area contributed by atoms with Gasteiger partial charge in [0.15, 0.2) is 0 Å². The lowest BCUT2D eigenvalue weighted by molar-refractivity contribution is 0.779. The van der Waals surface area contributed by atoms with Crippen LogP contribution in [0.1, 0.15) is 38.8 Å². The molecule has 0 nitrogen and oxygen atoms in total. The van der Waals surface area contributed by atoms with E-state index >= 15 is 0 Å². The largest absolute Gasteiger partial charge is 0.0987 e. The van der Waals surface area contributed by atoms with Crippen molar-refractivity contribution in [2.45, 2.75) is 33.1 Å². The molecule has 0 heteroatoms. The topological polar surface area (TPSA) is 0 Å². The first-order valence-electron chi connectivity index (χ1n) is 9.13. The van der Waals surface area contributed by atoms with Gasteiger partial charge in [-0.1, -0.05) is 93.3 Å². The van der Waals surface area contributed by atoms with E-state index in [2.05, 4.69) is 87.2 Å². The lowest BCUT2D eigenvalue weighted by Gasteiger charge is -2.32. The maximum atomic E-state index is 4.12. The summed E-state index contributed by atoms with van der Waals surface area (Å²) in [6.45, 7) is 12.4. The van der Waals surface area contributed by atoms with Crippen LogP contribution in [0, 0.1) is 0 Å². The number of hydrogen-bond donors (Lipinski definition) is 0. The molecule has 2 aromatic rings. The van der Waals surface area contributed by atoms with E-state index in [1.54, 1.807) is 0 Å². The zero-order chi connectivity index (χ0) is 18.0. The van der Waals surface area contributed by atoms with Crippen molar-refractivity contribution >= 4 is 0 Å². The van der Waals surface area contributed by atoms with Crippen molar-refractivity contribution in [1.82, 2.24) is 0 Å². The fraction of sp³-hybridized carbons (Fsp3) is 0.200. The fourth-order valence-corrected chi connectivity index (χ4v) is 4.34. The molecule has 0 heterocycles. The number of fused-ring (bicyclic) bond motifs is 5. The molecule has 126 valence electrons. The van der Waals surface area contributed by atoms with Crippen LogP contribution in [0.15, 0.2) is 96.1 Å². The van der Waals surface area contributed by atoms with Gasteiger partial charge in [-0.25, -0.2) is 0 Å². The van der Waals surface area contributed by atoms with Crippen molar-refractivity contribution in [3.05, 3.63) is 107 Å². The van der Waals surface area contributed by atoms with Crippen LogP contribution < -0.4 is 0 Å². The molecule has 4 rings (SSSR count). The highest BCUT2D eigenvalue weighted by Gasteiger charge is 2.49. The summed E-state index contributed by atoms with van der Waals surface area (Å²) in [5, 5.41) is 0. The normalized spacial score (nSPS) is 16.4. The van der Waals surface area contributed by atoms with Crippen molar-refractivity contribution in [3.8, 4) is 11.1 Å². The van der Waals surface area contributed by atoms with Gasteiger partial charge < -0.3 is 0 Å². The molecule has 0 radical (unpaired) electrons. The zero-order valence-electron chi connectivity index (χ0n) is 15.6. The summed E-state index contributed by atoms with van der Waals surface area (Å²) in [5.41, 5.74) is 9.19. The van der Waals surface area contributed by atoms with Crippen LogP contribution >= 0.6 is 0 Å². The molecule has 25 heavy (non-hydrogen) atoms. The number of rotatable bonds is 2. The first kappa shape index (κ1) is 17.2. The highest BCUT2D eigenvalue weighted by Crippen LogP contribution is 2.59. The molecule has 0 aromatic heterocycles. The van der Waals surface area contributed by atoms with Crippen LogP contribution in [0.5, 0.6) is 0 Å². The molecular formula is C25H26. The summed E-state index contributed by atoms with van der Waals surface area (Å²) in [6.07, 6.45) is 8.73. The summed E-state index contributed by atoms with van der Waals surface area (Å²) in [7, 11) is 0. The second-order valence-electron chi connectivity index (χ2n) is 6.24. The van der Waals surface area contributed by atoms with Gasteiger partial charge in [0, 0.05) is 0 Å². The molecule has 0 bridgehead atoms. The first-order chi connectivity index (χ1) is 12.2. The molecule has 2 aliphatic carbocycles. The van der Waals surface area contributed by atoms with Crippen molar-refractivity contribution in [3.63, 3.8) is 0 Å². The lowest BCUT2D eigenvalue weighted by atomic mass is 9.69. The summed E-state index contributed by atoms with van der Waals surface area (Å²) >= 11 is 0. The predicted octanol–water partition coefficient (Wildman–Crippen LogP) is 7.00. The molecule has 2 aliphatic rings. The minimum Gasteiger partial charge on any atom is -0.0987 e. The Hall–Kier alpha value is -2.60. The van der Waals surface area contributed by atoms with Crippen LogP contribution in [0.25, 0.3) is 11.1 Å². The Bertz CT molecular complexity index is 858. The summed E-state index contributed by atoms with van der Waals surface area (Å²) in [5.74, 6) is 0. The molecule has 0 saturated carbocycles. The van der Waals surface area contributed by atoms with Gasteiger partial charge in [-0.15, -0.1) is 0 Å². The molecule has 2 aromatic carbocycles. The van der Waals surface area contributed by atoms with Gasteiger partial charge in [-0.3, -0.25) is 0 Å². The van der Waals surface area contributed by atoms with Crippen molar-refractivity contribution in [1.29, 1.82) is 0 Å². The Labute approximate surface area is 151 Å². The molecule has 0 amide bonds. The second kappa shape index (κ2) is 6.72. The Morgan fingerprint density at radius 2 is 1.40 bits per heavy atom. The average Bonchev–Trinajstić information content (AvgIpc) is 3.12. The van der Waals surface area contributed by atoms with E-state index < -0.39 is 0 Å². The first-order valence-corrected chi connectivity index (χ1v) is 9.13. The van der Waals surface area contributed by atoms with E-state index in [-0.39, 0.29) is 5.41 Å². The van der Waals surface area contributed by atoms with Crippen molar-refractivity contribution in [2.24, 2.45) is 0 Å². The Kier molecular flexibility index (Phi) is 4.63. The van der Waals surface area contributed by atoms with Gasteiger partial charge in [-0.2, -0.15) is 0 Å². The summed E-state index contributed by atoms with van der Waals surface area (Å²) in [4.78, 5) is 0. The fourth-order valence-electron chi connectivity index (χ4n) is 4.34. The summed E-state index contributed by atoms with van der Waals surface area (Å²) in [6, 6.07) is 17.6. The number of hydrogen-bond acceptors (Lipinski definition) is 0. The second-order valence-corrected chi connectivity index (χ2v) is 6.24. The Morgan fingerprint density at radius 1 is 0.880 bits per heavy atom. The van der Waals surface area contributed by atoms with Crippen LogP contribution in [0.3, 0.4) is 0 Å². The van der Waals surface area contributed by atoms with Gasteiger partial charge in [0.2, 0.25) is 0 Å². The molecule has 0 atom stereocenters. The molecule has 0 N–H and O–H groups in total.